The number of fused-ring (bicyclic) bond motifs is 1. The maximum absolute atomic E-state index is 14.0. The van der Waals surface area contributed by atoms with Crippen LogP contribution in [0, 0.1) is 5.41 Å². The van der Waals surface area contributed by atoms with Crippen molar-refractivity contribution < 1.29 is 9.90 Å². The van der Waals surface area contributed by atoms with Crippen molar-refractivity contribution in [1.82, 2.24) is 29.8 Å². The zero-order valence-corrected chi connectivity index (χ0v) is 22.1. The number of carbonyl (C=O) groups is 1. The molecule has 2 aliphatic carbocycles. The summed E-state index contributed by atoms with van der Waals surface area (Å²) in [6, 6.07) is 11.0. The fraction of sp³-hybridized carbons (Fsp3) is 0.621. The van der Waals surface area contributed by atoms with Crippen LogP contribution in [0.2, 0.25) is 0 Å². The summed E-state index contributed by atoms with van der Waals surface area (Å²) in [5, 5.41) is 20.3. The largest absolute Gasteiger partial charge is 0.387 e. The number of amides is 2. The second kappa shape index (κ2) is 9.38. The maximum atomic E-state index is 14.0. The lowest BCUT2D eigenvalue weighted by atomic mass is 9.65. The Morgan fingerprint density at radius 3 is 2.71 bits per heavy atom. The van der Waals surface area contributed by atoms with Crippen molar-refractivity contribution in [2.45, 2.75) is 69.2 Å². The predicted molar refractivity (Wildman–Crippen MR) is 145 cm³/mol. The van der Waals surface area contributed by atoms with Gasteiger partial charge in [0.15, 0.2) is 5.82 Å². The molecule has 7 rings (SSSR count). The van der Waals surface area contributed by atoms with Gasteiger partial charge in [-0.3, -0.25) is 0 Å². The minimum absolute atomic E-state index is 0.0353. The fourth-order valence-corrected chi connectivity index (χ4v) is 7.41. The first-order valence-electron chi connectivity index (χ1n) is 14.4. The Labute approximate surface area is 224 Å². The van der Waals surface area contributed by atoms with Crippen LogP contribution in [-0.4, -0.2) is 86.8 Å². The number of aliphatic hydroxyl groups is 1. The molecule has 1 aromatic carbocycles. The molecule has 1 spiro atoms. The van der Waals surface area contributed by atoms with Gasteiger partial charge in [-0.15, -0.1) is 0 Å². The SMILES string of the molecule is O=C(N1CCC(O)(CN2C=Nc3c(cnn3C3CC3)C2)C2(CCCC2)C1)N1CCNC[C@H]1c1ccccc1. The molecule has 9 heteroatoms. The zero-order chi connectivity index (χ0) is 25.7. The molecule has 2 aromatic rings. The van der Waals surface area contributed by atoms with E-state index in [0.717, 1.165) is 56.7 Å². The molecule has 38 heavy (non-hydrogen) atoms. The van der Waals surface area contributed by atoms with Gasteiger partial charge >= 0.3 is 6.03 Å². The Kier molecular flexibility index (Phi) is 5.96. The number of piperidine rings is 1. The van der Waals surface area contributed by atoms with Gasteiger partial charge in [-0.1, -0.05) is 43.2 Å². The summed E-state index contributed by atoms with van der Waals surface area (Å²) in [4.78, 5) is 25.0. The number of aromatic nitrogens is 2. The van der Waals surface area contributed by atoms with Gasteiger partial charge in [0, 0.05) is 56.8 Å². The summed E-state index contributed by atoms with van der Waals surface area (Å²) in [5.41, 5.74) is 1.19. The molecule has 4 heterocycles. The van der Waals surface area contributed by atoms with Gasteiger partial charge < -0.3 is 25.1 Å². The Morgan fingerprint density at radius 1 is 1.11 bits per heavy atom. The molecule has 0 radical (unpaired) electrons. The summed E-state index contributed by atoms with van der Waals surface area (Å²) in [5.74, 6) is 0.982. The molecule has 2 saturated carbocycles. The monoisotopic (exact) mass is 517 g/mol. The van der Waals surface area contributed by atoms with Gasteiger partial charge in [0.05, 0.1) is 30.2 Å². The van der Waals surface area contributed by atoms with Gasteiger partial charge in [-0.05, 0) is 37.7 Å². The number of nitrogens with zero attached hydrogens (tertiary/aromatic N) is 6. The van der Waals surface area contributed by atoms with Crippen molar-refractivity contribution in [2.24, 2.45) is 10.4 Å². The molecule has 3 aliphatic heterocycles. The van der Waals surface area contributed by atoms with Crippen molar-refractivity contribution in [3.05, 3.63) is 47.7 Å². The highest BCUT2D eigenvalue weighted by Gasteiger charge is 2.56. The fourth-order valence-electron chi connectivity index (χ4n) is 7.41. The lowest BCUT2D eigenvalue weighted by Crippen LogP contribution is -2.65. The molecule has 2 amide bonds. The van der Waals surface area contributed by atoms with Crippen molar-refractivity contribution in [3.63, 3.8) is 0 Å². The second-order valence-electron chi connectivity index (χ2n) is 12.1. The van der Waals surface area contributed by atoms with Crippen LogP contribution in [0.25, 0.3) is 0 Å². The molecule has 9 nitrogen and oxygen atoms in total. The van der Waals surface area contributed by atoms with Crippen LogP contribution in [-0.2, 0) is 6.54 Å². The Morgan fingerprint density at radius 2 is 1.92 bits per heavy atom. The van der Waals surface area contributed by atoms with E-state index in [1.54, 1.807) is 0 Å². The summed E-state index contributed by atoms with van der Waals surface area (Å²) >= 11 is 0. The third-order valence-electron chi connectivity index (χ3n) is 9.70. The summed E-state index contributed by atoms with van der Waals surface area (Å²) in [6.07, 6.45) is 11.0. The number of piperazine rings is 1. The number of β-amino-alcohol motifs (C(OH)–C–C–N with tert-alkyl or cyclic N) is 1. The average Bonchev–Trinajstić information content (AvgIpc) is 3.53. The summed E-state index contributed by atoms with van der Waals surface area (Å²) < 4.78 is 2.07. The van der Waals surface area contributed by atoms with E-state index in [1.807, 2.05) is 35.6 Å². The van der Waals surface area contributed by atoms with E-state index in [0.29, 0.717) is 38.6 Å². The van der Waals surface area contributed by atoms with Gasteiger partial charge in [0.2, 0.25) is 0 Å². The van der Waals surface area contributed by atoms with Crippen molar-refractivity contribution >= 4 is 18.2 Å². The number of rotatable bonds is 4. The second-order valence-corrected chi connectivity index (χ2v) is 12.1. The highest BCUT2D eigenvalue weighted by molar-refractivity contribution is 5.75. The minimum atomic E-state index is -0.849. The number of benzene rings is 1. The molecule has 4 fully saturated rings. The molecule has 202 valence electrons. The summed E-state index contributed by atoms with van der Waals surface area (Å²) in [7, 11) is 0. The first-order chi connectivity index (χ1) is 18.6. The van der Waals surface area contributed by atoms with Crippen molar-refractivity contribution in [3.8, 4) is 0 Å². The number of carbonyl (C=O) groups excluding carboxylic acids is 1. The van der Waals surface area contributed by atoms with Gasteiger partial charge in [0.1, 0.15) is 0 Å². The zero-order valence-electron chi connectivity index (χ0n) is 22.1. The maximum Gasteiger partial charge on any atom is 0.320 e. The Bertz CT molecular complexity index is 1200. The lowest BCUT2D eigenvalue weighted by Gasteiger charge is -2.54. The first-order valence-corrected chi connectivity index (χ1v) is 14.4. The highest BCUT2D eigenvalue weighted by atomic mass is 16.3. The van der Waals surface area contributed by atoms with E-state index in [9.17, 15) is 9.90 Å². The topological polar surface area (TPSA) is 89.2 Å². The highest BCUT2D eigenvalue weighted by Crippen LogP contribution is 2.52. The molecule has 1 unspecified atom stereocenters. The molecular formula is C29H39N7O2. The number of hydrogen-bond acceptors (Lipinski definition) is 6. The molecular weight excluding hydrogens is 478 g/mol. The van der Waals surface area contributed by atoms with Crippen molar-refractivity contribution in [2.75, 3.05) is 39.3 Å². The smallest absolute Gasteiger partial charge is 0.320 e. The average molecular weight is 518 g/mol. The first kappa shape index (κ1) is 24.2. The Balaban J connectivity index is 1.08. The van der Waals surface area contributed by atoms with Crippen LogP contribution < -0.4 is 5.32 Å². The van der Waals surface area contributed by atoms with Crippen LogP contribution in [0.1, 0.15) is 68.2 Å². The predicted octanol–water partition coefficient (Wildman–Crippen LogP) is 3.46. The third-order valence-corrected chi connectivity index (χ3v) is 9.70. The van der Waals surface area contributed by atoms with E-state index in [4.69, 9.17) is 4.99 Å². The van der Waals surface area contributed by atoms with Crippen LogP contribution in [0.3, 0.4) is 0 Å². The third kappa shape index (κ3) is 4.11. The van der Waals surface area contributed by atoms with Crippen molar-refractivity contribution in [1.29, 1.82) is 0 Å². The molecule has 1 aromatic heterocycles. The number of likely N-dealkylation sites (tertiary alicyclic amines) is 1. The molecule has 5 aliphatic rings. The molecule has 2 saturated heterocycles. The van der Waals surface area contributed by atoms with Gasteiger partial charge in [0.25, 0.3) is 0 Å². The molecule has 0 bridgehead atoms. The van der Waals surface area contributed by atoms with Gasteiger partial charge in [-0.2, -0.15) is 5.10 Å². The van der Waals surface area contributed by atoms with Crippen LogP contribution in [0.5, 0.6) is 0 Å². The Hall–Kier alpha value is -2.91. The lowest BCUT2D eigenvalue weighted by molar-refractivity contribution is -0.134. The standard InChI is InChI=1S/C29H39N7O2/c37-27(35-15-13-30-17-25(35)22-6-2-1-3-7-22)34-14-12-29(38,28(19-34)10-4-5-11-28)20-33-18-23-16-32-36(24-8-9-24)26(23)31-21-33/h1-3,6-7,16,21,24-25,30,38H,4-5,8-15,17-20H2/t25-,29?/m0/s1. The van der Waals surface area contributed by atoms with E-state index in [2.05, 4.69) is 37.0 Å². The quantitative estimate of drug-likeness (QED) is 0.649. The van der Waals surface area contributed by atoms with E-state index in [-0.39, 0.29) is 17.5 Å². The van der Waals surface area contributed by atoms with E-state index >= 15 is 0 Å². The van der Waals surface area contributed by atoms with E-state index < -0.39 is 5.60 Å². The number of aliphatic imine (C=N–C) groups is 1. The van der Waals surface area contributed by atoms with Gasteiger partial charge in [-0.25, -0.2) is 14.5 Å². The minimum Gasteiger partial charge on any atom is -0.387 e. The summed E-state index contributed by atoms with van der Waals surface area (Å²) in [6.45, 7) is 4.77. The number of hydrogen-bond donors (Lipinski definition) is 2. The van der Waals surface area contributed by atoms with Crippen LogP contribution in [0.15, 0.2) is 41.5 Å². The van der Waals surface area contributed by atoms with Crippen LogP contribution in [0.4, 0.5) is 10.6 Å². The molecule has 2 N–H and O–H groups in total. The normalized spacial score (nSPS) is 28.7. The van der Waals surface area contributed by atoms with E-state index in [1.165, 1.54) is 18.4 Å². The van der Waals surface area contributed by atoms with Crippen LogP contribution >= 0.6 is 0 Å². The number of nitrogens with one attached hydrogen (secondary N) is 1. The molecule has 2 atom stereocenters. The number of urea groups is 1.